The molecule has 0 bridgehead atoms. The van der Waals surface area contributed by atoms with Crippen LogP contribution in [-0.2, 0) is 0 Å². The lowest BCUT2D eigenvalue weighted by Gasteiger charge is -2.13. The first kappa shape index (κ1) is 11.7. The van der Waals surface area contributed by atoms with E-state index in [1.165, 1.54) is 0 Å². The molecular formula is C12H18N2O. The minimum Gasteiger partial charge on any atom is -0.352 e. The van der Waals surface area contributed by atoms with Gasteiger partial charge in [0.1, 0.15) is 0 Å². The van der Waals surface area contributed by atoms with E-state index in [1.807, 2.05) is 6.92 Å². The lowest BCUT2D eigenvalue weighted by Crippen LogP contribution is -2.24. The second-order valence-electron chi connectivity index (χ2n) is 3.63. The van der Waals surface area contributed by atoms with Gasteiger partial charge in [-0.2, -0.15) is 0 Å². The zero-order valence-corrected chi connectivity index (χ0v) is 9.58. The van der Waals surface area contributed by atoms with Crippen molar-refractivity contribution >= 4 is 5.91 Å². The first-order valence-corrected chi connectivity index (χ1v) is 5.42. The van der Waals surface area contributed by atoms with Crippen molar-refractivity contribution in [3.8, 4) is 0 Å². The molecule has 1 aromatic rings. The summed E-state index contributed by atoms with van der Waals surface area (Å²) in [5.74, 6) is 0.367. The summed E-state index contributed by atoms with van der Waals surface area (Å²) in [5.41, 5.74) is 1.78. The van der Waals surface area contributed by atoms with Gasteiger partial charge in [-0.25, -0.2) is 0 Å². The van der Waals surface area contributed by atoms with Gasteiger partial charge < -0.3 is 5.32 Å². The number of hydrogen-bond acceptors (Lipinski definition) is 2. The van der Waals surface area contributed by atoms with Crippen LogP contribution in [0.2, 0.25) is 0 Å². The van der Waals surface area contributed by atoms with E-state index in [4.69, 9.17) is 0 Å². The highest BCUT2D eigenvalue weighted by Gasteiger charge is 2.14. The predicted octanol–water partition coefficient (Wildman–Crippen LogP) is 2.34. The Morgan fingerprint density at radius 2 is 2.27 bits per heavy atom. The van der Waals surface area contributed by atoms with Crippen LogP contribution >= 0.6 is 0 Å². The molecule has 0 saturated heterocycles. The van der Waals surface area contributed by atoms with Gasteiger partial charge in [-0.05, 0) is 30.9 Å². The fourth-order valence-corrected chi connectivity index (χ4v) is 1.48. The van der Waals surface area contributed by atoms with E-state index >= 15 is 0 Å². The van der Waals surface area contributed by atoms with Crippen LogP contribution in [0.15, 0.2) is 18.5 Å². The van der Waals surface area contributed by atoms with E-state index in [0.717, 1.165) is 17.5 Å². The van der Waals surface area contributed by atoms with Crippen molar-refractivity contribution in [3.05, 3.63) is 29.6 Å². The minimum absolute atomic E-state index is 0.00444. The molecular weight excluding hydrogens is 188 g/mol. The SMILES string of the molecule is CCNC(=O)c1ccncc1C(C)CC. The second-order valence-corrected chi connectivity index (χ2v) is 3.63. The largest absolute Gasteiger partial charge is 0.352 e. The zero-order valence-electron chi connectivity index (χ0n) is 9.58. The first-order valence-electron chi connectivity index (χ1n) is 5.42. The van der Waals surface area contributed by atoms with E-state index in [2.05, 4.69) is 24.1 Å². The number of hydrogen-bond donors (Lipinski definition) is 1. The molecule has 1 N–H and O–H groups in total. The summed E-state index contributed by atoms with van der Waals surface area (Å²) >= 11 is 0. The van der Waals surface area contributed by atoms with Crippen LogP contribution in [0, 0.1) is 0 Å². The van der Waals surface area contributed by atoms with Gasteiger partial charge in [0.25, 0.3) is 5.91 Å². The van der Waals surface area contributed by atoms with Gasteiger partial charge >= 0.3 is 0 Å². The first-order chi connectivity index (χ1) is 7.20. The number of rotatable bonds is 4. The fraction of sp³-hybridized carbons (Fsp3) is 0.500. The highest BCUT2D eigenvalue weighted by molar-refractivity contribution is 5.95. The maximum atomic E-state index is 11.7. The molecule has 1 atom stereocenters. The van der Waals surface area contributed by atoms with Crippen LogP contribution in [0.25, 0.3) is 0 Å². The Morgan fingerprint density at radius 1 is 1.53 bits per heavy atom. The Labute approximate surface area is 90.9 Å². The molecule has 0 radical (unpaired) electrons. The van der Waals surface area contributed by atoms with Crippen molar-refractivity contribution in [2.75, 3.05) is 6.54 Å². The molecule has 0 saturated carbocycles. The van der Waals surface area contributed by atoms with Gasteiger partial charge in [0.05, 0.1) is 0 Å². The van der Waals surface area contributed by atoms with E-state index in [-0.39, 0.29) is 5.91 Å². The van der Waals surface area contributed by atoms with Crippen molar-refractivity contribution < 1.29 is 4.79 Å². The number of aromatic nitrogens is 1. The zero-order chi connectivity index (χ0) is 11.3. The van der Waals surface area contributed by atoms with Crippen molar-refractivity contribution in [2.45, 2.75) is 33.1 Å². The molecule has 3 heteroatoms. The number of amides is 1. The molecule has 0 aliphatic carbocycles. The summed E-state index contributed by atoms with van der Waals surface area (Å²) in [6, 6.07) is 1.78. The van der Waals surface area contributed by atoms with Gasteiger partial charge in [0.2, 0.25) is 0 Å². The molecule has 82 valence electrons. The third-order valence-electron chi connectivity index (χ3n) is 2.58. The van der Waals surface area contributed by atoms with E-state index in [1.54, 1.807) is 18.5 Å². The van der Waals surface area contributed by atoms with Crippen LogP contribution in [0.5, 0.6) is 0 Å². The third kappa shape index (κ3) is 2.78. The molecule has 1 heterocycles. The second kappa shape index (κ2) is 5.49. The molecule has 1 unspecified atom stereocenters. The molecule has 1 amide bonds. The lowest BCUT2D eigenvalue weighted by atomic mass is 9.95. The monoisotopic (exact) mass is 206 g/mol. The highest BCUT2D eigenvalue weighted by atomic mass is 16.1. The van der Waals surface area contributed by atoms with Crippen LogP contribution in [0.4, 0.5) is 0 Å². The predicted molar refractivity (Wildman–Crippen MR) is 61.0 cm³/mol. The summed E-state index contributed by atoms with van der Waals surface area (Å²) in [4.78, 5) is 15.8. The number of nitrogens with one attached hydrogen (secondary N) is 1. The Balaban J connectivity index is 3.00. The Bertz CT molecular complexity index is 336. The topological polar surface area (TPSA) is 42.0 Å². The van der Waals surface area contributed by atoms with Gasteiger partial charge in [0, 0.05) is 24.5 Å². The average Bonchev–Trinajstić information content (AvgIpc) is 2.28. The van der Waals surface area contributed by atoms with Gasteiger partial charge in [-0.15, -0.1) is 0 Å². The minimum atomic E-state index is -0.00444. The van der Waals surface area contributed by atoms with Crippen LogP contribution in [0.3, 0.4) is 0 Å². The highest BCUT2D eigenvalue weighted by Crippen LogP contribution is 2.21. The Kier molecular flexibility index (Phi) is 4.28. The maximum absolute atomic E-state index is 11.7. The summed E-state index contributed by atoms with van der Waals surface area (Å²) in [6.45, 7) is 6.79. The van der Waals surface area contributed by atoms with E-state index in [9.17, 15) is 4.79 Å². The van der Waals surface area contributed by atoms with Crippen molar-refractivity contribution in [3.63, 3.8) is 0 Å². The van der Waals surface area contributed by atoms with E-state index < -0.39 is 0 Å². The summed E-state index contributed by atoms with van der Waals surface area (Å²) < 4.78 is 0. The normalized spacial score (nSPS) is 12.2. The summed E-state index contributed by atoms with van der Waals surface area (Å²) in [7, 11) is 0. The lowest BCUT2D eigenvalue weighted by molar-refractivity contribution is 0.0954. The number of carbonyl (C=O) groups is 1. The summed E-state index contributed by atoms with van der Waals surface area (Å²) in [6.07, 6.45) is 4.47. The smallest absolute Gasteiger partial charge is 0.251 e. The molecule has 0 fully saturated rings. The molecule has 0 aromatic carbocycles. The molecule has 0 aliphatic heterocycles. The average molecular weight is 206 g/mol. The van der Waals surface area contributed by atoms with E-state index in [0.29, 0.717) is 12.5 Å². The molecule has 1 rings (SSSR count). The molecule has 15 heavy (non-hydrogen) atoms. The van der Waals surface area contributed by atoms with Crippen molar-refractivity contribution in [1.29, 1.82) is 0 Å². The number of nitrogens with zero attached hydrogens (tertiary/aromatic N) is 1. The molecule has 0 spiro atoms. The summed E-state index contributed by atoms with van der Waals surface area (Å²) in [5, 5.41) is 2.81. The maximum Gasteiger partial charge on any atom is 0.251 e. The van der Waals surface area contributed by atoms with Crippen LogP contribution < -0.4 is 5.32 Å². The molecule has 3 nitrogen and oxygen atoms in total. The van der Waals surface area contributed by atoms with Gasteiger partial charge in [-0.3, -0.25) is 9.78 Å². The Morgan fingerprint density at radius 3 is 2.87 bits per heavy atom. The quantitative estimate of drug-likeness (QED) is 0.821. The number of carbonyl (C=O) groups excluding carboxylic acids is 1. The van der Waals surface area contributed by atoms with Crippen LogP contribution in [-0.4, -0.2) is 17.4 Å². The van der Waals surface area contributed by atoms with Crippen molar-refractivity contribution in [2.24, 2.45) is 0 Å². The van der Waals surface area contributed by atoms with Gasteiger partial charge in [-0.1, -0.05) is 13.8 Å². The molecule has 1 aromatic heterocycles. The van der Waals surface area contributed by atoms with Gasteiger partial charge in [0.15, 0.2) is 0 Å². The Hall–Kier alpha value is -1.38. The van der Waals surface area contributed by atoms with Crippen LogP contribution in [0.1, 0.15) is 49.0 Å². The van der Waals surface area contributed by atoms with Crippen molar-refractivity contribution in [1.82, 2.24) is 10.3 Å². The fourth-order valence-electron chi connectivity index (χ4n) is 1.48. The third-order valence-corrected chi connectivity index (χ3v) is 2.58. The molecule has 0 aliphatic rings. The standard InChI is InChI=1S/C12H18N2O/c1-4-9(3)11-8-13-7-6-10(11)12(15)14-5-2/h6-9H,4-5H2,1-3H3,(H,14,15). The number of pyridine rings is 1.